The zero-order chi connectivity index (χ0) is 14.2. The summed E-state index contributed by atoms with van der Waals surface area (Å²) in [6.07, 6.45) is 3.16. The zero-order valence-corrected chi connectivity index (χ0v) is 12.2. The molecule has 1 aromatic carbocycles. The highest BCUT2D eigenvalue weighted by Crippen LogP contribution is 2.40. The summed E-state index contributed by atoms with van der Waals surface area (Å²) < 4.78 is 5.43. The SMILES string of the molecule is Nc1ccc(C(=O)N2CCC3(CCOCC3)C2)c(Cl)c1. The lowest BCUT2D eigenvalue weighted by Gasteiger charge is -2.33. The lowest BCUT2D eigenvalue weighted by Crippen LogP contribution is -2.35. The van der Waals surface area contributed by atoms with Crippen LogP contribution in [0.3, 0.4) is 0 Å². The van der Waals surface area contributed by atoms with Gasteiger partial charge in [-0.25, -0.2) is 0 Å². The predicted molar refractivity (Wildman–Crippen MR) is 78.9 cm³/mol. The van der Waals surface area contributed by atoms with Crippen LogP contribution in [0.5, 0.6) is 0 Å². The average molecular weight is 295 g/mol. The van der Waals surface area contributed by atoms with Gasteiger partial charge in [0, 0.05) is 32.0 Å². The van der Waals surface area contributed by atoms with Crippen molar-refractivity contribution in [3.05, 3.63) is 28.8 Å². The molecule has 0 aliphatic carbocycles. The predicted octanol–water partition coefficient (Wildman–Crippen LogP) is 2.56. The second kappa shape index (κ2) is 5.26. The van der Waals surface area contributed by atoms with Crippen LogP contribution >= 0.6 is 11.6 Å². The van der Waals surface area contributed by atoms with Gasteiger partial charge in [0.2, 0.25) is 0 Å². The molecule has 0 bridgehead atoms. The molecule has 108 valence electrons. The minimum absolute atomic E-state index is 0.0124. The average Bonchev–Trinajstić information content (AvgIpc) is 2.83. The molecule has 0 saturated carbocycles. The maximum Gasteiger partial charge on any atom is 0.255 e. The molecule has 1 amide bonds. The smallest absolute Gasteiger partial charge is 0.255 e. The van der Waals surface area contributed by atoms with Gasteiger partial charge in [0.05, 0.1) is 10.6 Å². The molecule has 1 aromatic rings. The number of nitrogens with zero attached hydrogens (tertiary/aromatic N) is 1. The second-order valence-corrected chi connectivity index (χ2v) is 6.24. The van der Waals surface area contributed by atoms with Crippen LogP contribution in [0.15, 0.2) is 18.2 Å². The summed E-state index contributed by atoms with van der Waals surface area (Å²) in [5, 5.41) is 0.433. The van der Waals surface area contributed by atoms with Gasteiger partial charge in [-0.3, -0.25) is 4.79 Å². The Morgan fingerprint density at radius 2 is 2.05 bits per heavy atom. The van der Waals surface area contributed by atoms with E-state index in [0.717, 1.165) is 45.6 Å². The molecule has 1 spiro atoms. The maximum absolute atomic E-state index is 12.6. The Hall–Kier alpha value is -1.26. The van der Waals surface area contributed by atoms with E-state index in [9.17, 15) is 4.79 Å². The van der Waals surface area contributed by atoms with Gasteiger partial charge in [0.1, 0.15) is 0 Å². The third-order valence-electron chi connectivity index (χ3n) is 4.50. The fraction of sp³-hybridized carbons (Fsp3) is 0.533. The number of rotatable bonds is 1. The number of nitrogen functional groups attached to an aromatic ring is 1. The van der Waals surface area contributed by atoms with Gasteiger partial charge in [-0.1, -0.05) is 11.6 Å². The second-order valence-electron chi connectivity index (χ2n) is 5.83. The number of likely N-dealkylation sites (tertiary alicyclic amines) is 1. The van der Waals surface area contributed by atoms with Crippen LogP contribution < -0.4 is 5.73 Å². The molecular weight excluding hydrogens is 276 g/mol. The summed E-state index contributed by atoms with van der Waals surface area (Å²) in [7, 11) is 0. The van der Waals surface area contributed by atoms with Crippen LogP contribution in [0.1, 0.15) is 29.6 Å². The number of carbonyl (C=O) groups is 1. The number of benzene rings is 1. The van der Waals surface area contributed by atoms with Crippen LogP contribution in [-0.4, -0.2) is 37.1 Å². The highest BCUT2D eigenvalue weighted by molar-refractivity contribution is 6.34. The van der Waals surface area contributed by atoms with Crippen molar-refractivity contribution in [1.29, 1.82) is 0 Å². The summed E-state index contributed by atoms with van der Waals surface area (Å²) in [6.45, 7) is 3.24. The van der Waals surface area contributed by atoms with Gasteiger partial charge < -0.3 is 15.4 Å². The number of amides is 1. The Labute approximate surface area is 123 Å². The molecule has 4 nitrogen and oxygen atoms in total. The zero-order valence-electron chi connectivity index (χ0n) is 11.4. The number of anilines is 1. The van der Waals surface area contributed by atoms with Crippen LogP contribution in [0.4, 0.5) is 5.69 Å². The van der Waals surface area contributed by atoms with Crippen molar-refractivity contribution >= 4 is 23.2 Å². The lowest BCUT2D eigenvalue weighted by atomic mass is 9.80. The Morgan fingerprint density at radius 1 is 1.30 bits per heavy atom. The highest BCUT2D eigenvalue weighted by atomic mass is 35.5. The molecule has 2 aliphatic rings. The van der Waals surface area contributed by atoms with Crippen LogP contribution in [0, 0.1) is 5.41 Å². The van der Waals surface area contributed by atoms with Gasteiger partial charge >= 0.3 is 0 Å². The molecule has 0 radical (unpaired) electrons. The first-order chi connectivity index (χ1) is 9.60. The van der Waals surface area contributed by atoms with Gasteiger partial charge in [0.15, 0.2) is 0 Å². The van der Waals surface area contributed by atoms with E-state index in [1.54, 1.807) is 18.2 Å². The van der Waals surface area contributed by atoms with E-state index in [1.807, 2.05) is 4.90 Å². The first-order valence-electron chi connectivity index (χ1n) is 7.02. The molecule has 0 atom stereocenters. The molecular formula is C15H19ClN2O2. The normalized spacial score (nSPS) is 21.4. The van der Waals surface area contributed by atoms with Crippen molar-refractivity contribution in [1.82, 2.24) is 4.90 Å². The first kappa shape index (κ1) is 13.7. The van der Waals surface area contributed by atoms with E-state index in [2.05, 4.69) is 0 Å². The summed E-state index contributed by atoms with van der Waals surface area (Å²) in [5.41, 5.74) is 7.05. The maximum atomic E-state index is 12.6. The molecule has 2 aliphatic heterocycles. The number of hydrogen-bond donors (Lipinski definition) is 1. The molecule has 20 heavy (non-hydrogen) atoms. The number of nitrogens with two attached hydrogens (primary N) is 1. The third-order valence-corrected chi connectivity index (χ3v) is 4.82. The van der Waals surface area contributed by atoms with E-state index in [4.69, 9.17) is 22.1 Å². The summed E-state index contributed by atoms with van der Waals surface area (Å²) in [4.78, 5) is 14.5. The molecule has 2 heterocycles. The van der Waals surface area contributed by atoms with Crippen molar-refractivity contribution < 1.29 is 9.53 Å². The molecule has 2 saturated heterocycles. The van der Waals surface area contributed by atoms with E-state index in [-0.39, 0.29) is 11.3 Å². The Balaban J connectivity index is 1.75. The molecule has 0 aromatic heterocycles. The fourth-order valence-electron chi connectivity index (χ4n) is 3.20. The Morgan fingerprint density at radius 3 is 2.75 bits per heavy atom. The van der Waals surface area contributed by atoms with Crippen molar-refractivity contribution in [2.24, 2.45) is 5.41 Å². The lowest BCUT2D eigenvalue weighted by molar-refractivity contribution is 0.0191. The van der Waals surface area contributed by atoms with Crippen molar-refractivity contribution in [2.45, 2.75) is 19.3 Å². The van der Waals surface area contributed by atoms with Gasteiger partial charge in [-0.15, -0.1) is 0 Å². The summed E-state index contributed by atoms with van der Waals surface area (Å²) in [5.74, 6) is 0.0124. The standard InChI is InChI=1S/C15H19ClN2O2/c16-13-9-11(17)1-2-12(13)14(19)18-6-3-15(10-18)4-7-20-8-5-15/h1-2,9H,3-8,10,17H2. The number of hydrogen-bond acceptors (Lipinski definition) is 3. The Kier molecular flexibility index (Phi) is 3.61. The van der Waals surface area contributed by atoms with Crippen molar-refractivity contribution in [3.8, 4) is 0 Å². The Bertz CT molecular complexity index is 527. The van der Waals surface area contributed by atoms with Crippen LogP contribution in [0.2, 0.25) is 5.02 Å². The first-order valence-corrected chi connectivity index (χ1v) is 7.40. The van der Waals surface area contributed by atoms with E-state index in [0.29, 0.717) is 16.3 Å². The molecule has 2 N–H and O–H groups in total. The largest absolute Gasteiger partial charge is 0.399 e. The topological polar surface area (TPSA) is 55.6 Å². The van der Waals surface area contributed by atoms with Crippen molar-refractivity contribution in [2.75, 3.05) is 32.0 Å². The van der Waals surface area contributed by atoms with E-state index >= 15 is 0 Å². The number of carbonyl (C=O) groups excluding carboxylic acids is 1. The fourth-order valence-corrected chi connectivity index (χ4v) is 3.47. The minimum atomic E-state index is 0.0124. The summed E-state index contributed by atoms with van der Waals surface area (Å²) >= 11 is 6.13. The number of halogens is 1. The monoisotopic (exact) mass is 294 g/mol. The van der Waals surface area contributed by atoms with E-state index in [1.165, 1.54) is 0 Å². The highest BCUT2D eigenvalue weighted by Gasteiger charge is 2.41. The molecule has 0 unspecified atom stereocenters. The van der Waals surface area contributed by atoms with Crippen LogP contribution in [0.25, 0.3) is 0 Å². The third kappa shape index (κ3) is 2.50. The van der Waals surface area contributed by atoms with Crippen LogP contribution in [-0.2, 0) is 4.74 Å². The van der Waals surface area contributed by atoms with Crippen molar-refractivity contribution in [3.63, 3.8) is 0 Å². The minimum Gasteiger partial charge on any atom is -0.399 e. The molecule has 3 rings (SSSR count). The van der Waals surface area contributed by atoms with E-state index < -0.39 is 0 Å². The van der Waals surface area contributed by atoms with Gasteiger partial charge in [-0.05, 0) is 42.9 Å². The van der Waals surface area contributed by atoms with Gasteiger partial charge in [-0.2, -0.15) is 0 Å². The number of ether oxygens (including phenoxy) is 1. The molecule has 5 heteroatoms. The molecule has 2 fully saturated rings. The quantitative estimate of drug-likeness (QED) is 0.810. The van der Waals surface area contributed by atoms with Gasteiger partial charge in [0.25, 0.3) is 5.91 Å². The summed E-state index contributed by atoms with van der Waals surface area (Å²) in [6, 6.07) is 5.07.